The number of carbonyl (C=O) groups is 2. The number of rotatable bonds is 14. The number of ether oxygens (including phenoxy) is 1. The van der Waals surface area contributed by atoms with Gasteiger partial charge in [0.1, 0.15) is 18.3 Å². The molecular weight excluding hydrogens is 654 g/mol. The van der Waals surface area contributed by atoms with Crippen molar-refractivity contribution < 1.29 is 22.7 Å². The fourth-order valence-corrected chi connectivity index (χ4v) is 6.53. The highest BCUT2D eigenvalue weighted by atomic mass is 79.9. The number of carbonyl (C=O) groups excluding carboxylic acids is 2. The van der Waals surface area contributed by atoms with Crippen molar-refractivity contribution in [3.05, 3.63) is 125 Å². The monoisotopic (exact) mass is 691 g/mol. The number of nitrogens with one attached hydrogen (secondary N) is 1. The molecule has 1 atom stereocenters. The molecule has 1 N–H and O–H groups in total. The average Bonchev–Trinajstić information content (AvgIpc) is 3.03. The minimum atomic E-state index is -4.20. The molecule has 10 heteroatoms. The maximum atomic E-state index is 14.5. The first-order valence-electron chi connectivity index (χ1n) is 14.8. The minimum absolute atomic E-state index is 0.0281. The summed E-state index contributed by atoms with van der Waals surface area (Å²) in [5, 5.41) is 2.97. The lowest BCUT2D eigenvalue weighted by molar-refractivity contribution is -0.140. The molecule has 0 saturated heterocycles. The van der Waals surface area contributed by atoms with Crippen LogP contribution in [-0.4, -0.2) is 50.4 Å². The van der Waals surface area contributed by atoms with Crippen LogP contribution in [0, 0.1) is 0 Å². The maximum Gasteiger partial charge on any atom is 0.264 e. The molecule has 0 aliphatic rings. The zero-order chi connectivity index (χ0) is 32.4. The molecule has 0 saturated carbocycles. The van der Waals surface area contributed by atoms with Crippen molar-refractivity contribution >= 4 is 43.5 Å². The maximum absolute atomic E-state index is 14.5. The fraction of sp³-hybridized carbons (Fsp3) is 0.257. The smallest absolute Gasteiger partial charge is 0.264 e. The Bertz CT molecular complexity index is 1650. The summed E-state index contributed by atoms with van der Waals surface area (Å²) >= 11 is 3.36. The average molecular weight is 693 g/mol. The summed E-state index contributed by atoms with van der Waals surface area (Å²) < 4.78 is 35.7. The van der Waals surface area contributed by atoms with Gasteiger partial charge in [0.25, 0.3) is 10.0 Å². The van der Waals surface area contributed by atoms with E-state index in [0.717, 1.165) is 19.9 Å². The van der Waals surface area contributed by atoms with Gasteiger partial charge in [0.2, 0.25) is 11.8 Å². The van der Waals surface area contributed by atoms with Crippen LogP contribution < -0.4 is 14.4 Å². The van der Waals surface area contributed by atoms with Gasteiger partial charge in [-0.25, -0.2) is 8.42 Å². The summed E-state index contributed by atoms with van der Waals surface area (Å²) in [6, 6.07) is 30.6. The van der Waals surface area contributed by atoms with Gasteiger partial charge in [0.15, 0.2) is 0 Å². The second-order valence-corrected chi connectivity index (χ2v) is 13.5. The van der Waals surface area contributed by atoms with Crippen LogP contribution >= 0.6 is 15.9 Å². The van der Waals surface area contributed by atoms with Crippen molar-refractivity contribution in [2.45, 2.75) is 50.7 Å². The lowest BCUT2D eigenvalue weighted by atomic mass is 10.0. The van der Waals surface area contributed by atoms with E-state index < -0.39 is 28.5 Å². The summed E-state index contributed by atoms with van der Waals surface area (Å²) in [7, 11) is -4.20. The van der Waals surface area contributed by atoms with Gasteiger partial charge in [-0.2, -0.15) is 0 Å². The lowest BCUT2D eigenvalue weighted by Crippen LogP contribution is -2.54. The number of nitrogens with zero attached hydrogens (tertiary/aromatic N) is 2. The summed E-state index contributed by atoms with van der Waals surface area (Å²) in [4.78, 5) is 29.7. The van der Waals surface area contributed by atoms with Crippen molar-refractivity contribution in [2.75, 3.05) is 17.5 Å². The molecule has 4 rings (SSSR count). The molecule has 0 spiro atoms. The summed E-state index contributed by atoms with van der Waals surface area (Å²) in [6.07, 6.45) is 0.250. The predicted molar refractivity (Wildman–Crippen MR) is 180 cm³/mol. The molecule has 0 heterocycles. The van der Waals surface area contributed by atoms with Gasteiger partial charge in [0.05, 0.1) is 17.2 Å². The molecule has 0 aliphatic carbocycles. The van der Waals surface area contributed by atoms with Crippen molar-refractivity contribution in [3.63, 3.8) is 0 Å². The third-order valence-corrected chi connectivity index (χ3v) is 9.33. The Morgan fingerprint density at radius 1 is 0.822 bits per heavy atom. The second-order valence-electron chi connectivity index (χ2n) is 10.8. The fourth-order valence-electron chi connectivity index (χ4n) is 4.85. The highest BCUT2D eigenvalue weighted by Gasteiger charge is 2.34. The van der Waals surface area contributed by atoms with E-state index in [-0.39, 0.29) is 29.8 Å². The Balaban J connectivity index is 1.79. The van der Waals surface area contributed by atoms with Crippen LogP contribution in [0.25, 0.3) is 0 Å². The standard InChI is InChI=1S/C35H38BrN3O5S/c1-4-44-31-19-17-30(18-20-31)39(45(42,43)32-21-15-29(36)16-22-32)25-34(40)38(24-28-13-9-6-10-14-28)33(35(41)37-26(2)3)23-27-11-7-5-8-12-27/h5-22,26,33H,4,23-25H2,1-3H3,(H,37,41)/t33-/m1/s1. The van der Waals surface area contributed by atoms with Crippen LogP contribution in [0.15, 0.2) is 119 Å². The minimum Gasteiger partial charge on any atom is -0.494 e. The summed E-state index contributed by atoms with van der Waals surface area (Å²) in [5.41, 5.74) is 1.98. The van der Waals surface area contributed by atoms with Crippen LogP contribution in [0.1, 0.15) is 31.9 Å². The van der Waals surface area contributed by atoms with Crippen LogP contribution in [0.5, 0.6) is 5.75 Å². The molecule has 236 valence electrons. The molecule has 0 aromatic heterocycles. The summed E-state index contributed by atoms with van der Waals surface area (Å²) in [6.45, 7) is 5.62. The largest absolute Gasteiger partial charge is 0.494 e. The normalized spacial score (nSPS) is 11.9. The number of hydrogen-bond acceptors (Lipinski definition) is 5. The zero-order valence-electron chi connectivity index (χ0n) is 25.6. The van der Waals surface area contributed by atoms with Crippen LogP contribution in [0.4, 0.5) is 5.69 Å². The Labute approximate surface area is 274 Å². The first-order valence-corrected chi connectivity index (χ1v) is 17.0. The zero-order valence-corrected chi connectivity index (χ0v) is 28.0. The lowest BCUT2D eigenvalue weighted by Gasteiger charge is -2.34. The molecular formula is C35H38BrN3O5S. The molecule has 0 bridgehead atoms. The first kappa shape index (κ1) is 33.7. The number of anilines is 1. The summed E-state index contributed by atoms with van der Waals surface area (Å²) in [5.74, 6) is -0.262. The van der Waals surface area contributed by atoms with E-state index in [2.05, 4.69) is 21.2 Å². The van der Waals surface area contributed by atoms with E-state index in [4.69, 9.17) is 4.74 Å². The van der Waals surface area contributed by atoms with E-state index in [9.17, 15) is 18.0 Å². The molecule has 0 radical (unpaired) electrons. The highest BCUT2D eigenvalue weighted by molar-refractivity contribution is 9.10. The van der Waals surface area contributed by atoms with Gasteiger partial charge in [-0.05, 0) is 80.4 Å². The first-order chi connectivity index (χ1) is 21.6. The molecule has 0 unspecified atom stereocenters. The second kappa shape index (κ2) is 15.7. The molecule has 45 heavy (non-hydrogen) atoms. The third kappa shape index (κ3) is 9.18. The van der Waals surface area contributed by atoms with Crippen LogP contribution in [0.3, 0.4) is 0 Å². The SMILES string of the molecule is CCOc1ccc(N(CC(=O)N(Cc2ccccc2)[C@H](Cc2ccccc2)C(=O)NC(C)C)S(=O)(=O)c2ccc(Br)cc2)cc1. The number of hydrogen-bond donors (Lipinski definition) is 1. The molecule has 0 fully saturated rings. The van der Waals surface area contributed by atoms with Crippen molar-refractivity contribution in [2.24, 2.45) is 0 Å². The number of benzene rings is 4. The highest BCUT2D eigenvalue weighted by Crippen LogP contribution is 2.28. The van der Waals surface area contributed by atoms with Gasteiger partial charge >= 0.3 is 0 Å². The van der Waals surface area contributed by atoms with Gasteiger partial charge in [-0.15, -0.1) is 0 Å². The Hall–Kier alpha value is -4.15. The molecule has 4 aromatic rings. The van der Waals surface area contributed by atoms with Crippen LogP contribution in [0.2, 0.25) is 0 Å². The van der Waals surface area contributed by atoms with Gasteiger partial charge in [-0.1, -0.05) is 76.6 Å². The topological polar surface area (TPSA) is 96.0 Å². The van der Waals surface area contributed by atoms with E-state index in [1.165, 1.54) is 17.0 Å². The third-order valence-electron chi connectivity index (χ3n) is 7.01. The molecule has 8 nitrogen and oxygen atoms in total. The van der Waals surface area contributed by atoms with Crippen LogP contribution in [-0.2, 0) is 32.6 Å². The van der Waals surface area contributed by atoms with E-state index in [1.54, 1.807) is 36.4 Å². The Morgan fingerprint density at radius 2 is 1.40 bits per heavy atom. The van der Waals surface area contributed by atoms with Crippen molar-refractivity contribution in [1.29, 1.82) is 0 Å². The number of sulfonamides is 1. The van der Waals surface area contributed by atoms with Crippen molar-refractivity contribution in [1.82, 2.24) is 10.2 Å². The number of amides is 2. The van der Waals surface area contributed by atoms with Crippen molar-refractivity contribution in [3.8, 4) is 5.75 Å². The number of halogens is 1. The molecule has 0 aliphatic heterocycles. The Kier molecular flexibility index (Phi) is 11.8. The van der Waals surface area contributed by atoms with E-state index in [1.807, 2.05) is 81.4 Å². The molecule has 2 amide bonds. The van der Waals surface area contributed by atoms with E-state index in [0.29, 0.717) is 18.0 Å². The quantitative estimate of drug-likeness (QED) is 0.170. The van der Waals surface area contributed by atoms with Gasteiger partial charge in [-0.3, -0.25) is 13.9 Å². The predicted octanol–water partition coefficient (Wildman–Crippen LogP) is 6.21. The molecule has 4 aromatic carbocycles. The Morgan fingerprint density at radius 3 is 1.96 bits per heavy atom. The van der Waals surface area contributed by atoms with Gasteiger partial charge < -0.3 is 15.0 Å². The van der Waals surface area contributed by atoms with E-state index >= 15 is 0 Å². The van der Waals surface area contributed by atoms with Gasteiger partial charge in [0, 0.05) is 23.5 Å².